The highest BCUT2D eigenvalue weighted by molar-refractivity contribution is 5.87. The van der Waals surface area contributed by atoms with Crippen molar-refractivity contribution in [1.29, 1.82) is 0 Å². The van der Waals surface area contributed by atoms with E-state index in [0.717, 1.165) is 44.9 Å². The highest BCUT2D eigenvalue weighted by atomic mass is 16.8. The number of aliphatic hydroxyl groups is 2. The van der Waals surface area contributed by atoms with Gasteiger partial charge < -0.3 is 19.7 Å². The van der Waals surface area contributed by atoms with Crippen LogP contribution in [0.5, 0.6) is 0 Å². The summed E-state index contributed by atoms with van der Waals surface area (Å²) in [6.45, 7) is 9.57. The van der Waals surface area contributed by atoms with Crippen LogP contribution < -0.4 is 0 Å². The van der Waals surface area contributed by atoms with E-state index in [1.807, 2.05) is 0 Å². The summed E-state index contributed by atoms with van der Waals surface area (Å²) in [7, 11) is 0. The summed E-state index contributed by atoms with van der Waals surface area (Å²) >= 11 is 0. The Morgan fingerprint density at radius 3 is 2.53 bits per heavy atom. The average Bonchev–Trinajstić information content (AvgIpc) is 3.11. The van der Waals surface area contributed by atoms with E-state index in [9.17, 15) is 15.0 Å². The minimum Gasteiger partial charge on any atom is -0.393 e. The van der Waals surface area contributed by atoms with Gasteiger partial charge in [0, 0.05) is 36.5 Å². The molecular weight excluding hydrogens is 404 g/mol. The predicted octanol–water partition coefficient (Wildman–Crippen LogP) is 4.29. The molecule has 180 valence electrons. The van der Waals surface area contributed by atoms with Gasteiger partial charge in [0.25, 0.3) is 0 Å². The van der Waals surface area contributed by atoms with Crippen LogP contribution >= 0.6 is 0 Å². The van der Waals surface area contributed by atoms with Gasteiger partial charge in [0.2, 0.25) is 0 Å². The number of hydrogen-bond acceptors (Lipinski definition) is 5. The molecule has 32 heavy (non-hydrogen) atoms. The zero-order valence-corrected chi connectivity index (χ0v) is 20.3. The number of ether oxygens (including phenoxy) is 2. The van der Waals surface area contributed by atoms with Gasteiger partial charge >= 0.3 is 0 Å². The van der Waals surface area contributed by atoms with E-state index in [1.165, 1.54) is 0 Å². The lowest BCUT2D eigenvalue weighted by Gasteiger charge is -2.60. The summed E-state index contributed by atoms with van der Waals surface area (Å²) in [5.74, 6) is 0.199. The Morgan fingerprint density at radius 1 is 1.03 bits per heavy atom. The van der Waals surface area contributed by atoms with Crippen LogP contribution in [-0.2, 0) is 14.3 Å². The molecule has 0 bridgehead atoms. The summed E-state index contributed by atoms with van der Waals surface area (Å²) in [5, 5.41) is 22.2. The van der Waals surface area contributed by atoms with Gasteiger partial charge in [-0.2, -0.15) is 0 Å². The molecule has 5 nitrogen and oxygen atoms in total. The minimum absolute atomic E-state index is 0.00672. The second-order valence-corrected chi connectivity index (χ2v) is 13.2. The van der Waals surface area contributed by atoms with Crippen molar-refractivity contribution >= 4 is 5.78 Å². The molecule has 0 radical (unpaired) electrons. The van der Waals surface area contributed by atoms with Gasteiger partial charge in [-0.05, 0) is 73.5 Å². The van der Waals surface area contributed by atoms with Crippen LogP contribution in [0.3, 0.4) is 0 Å². The zero-order valence-electron chi connectivity index (χ0n) is 20.3. The van der Waals surface area contributed by atoms with Crippen molar-refractivity contribution in [3.63, 3.8) is 0 Å². The van der Waals surface area contributed by atoms with Crippen LogP contribution in [0, 0.1) is 52.3 Å². The van der Waals surface area contributed by atoms with Gasteiger partial charge in [0.15, 0.2) is 11.6 Å². The van der Waals surface area contributed by atoms with E-state index in [4.69, 9.17) is 9.47 Å². The number of ketones is 1. The van der Waals surface area contributed by atoms with Gasteiger partial charge in [0.05, 0.1) is 12.7 Å². The highest BCUT2D eigenvalue weighted by Crippen LogP contribution is 2.72. The van der Waals surface area contributed by atoms with Crippen LogP contribution in [0.15, 0.2) is 0 Å². The number of aliphatic hydroxyl groups excluding tert-OH is 1. The SMILES string of the molecule is CC1CCC2(OC1)O[C@@]1(O)CC3C4CC[C@@H]5C[C@@H](O)CC[C@]5(C)C4CC(=O)[C@]3(C)C1C2C. The quantitative estimate of drug-likeness (QED) is 0.580. The van der Waals surface area contributed by atoms with Crippen molar-refractivity contribution in [2.75, 3.05) is 6.61 Å². The molecule has 0 aromatic carbocycles. The first-order valence-corrected chi connectivity index (χ1v) is 13.3. The van der Waals surface area contributed by atoms with Crippen molar-refractivity contribution in [1.82, 2.24) is 0 Å². The minimum atomic E-state index is -1.26. The number of carbonyl (C=O) groups excluding carboxylic acids is 1. The summed E-state index contributed by atoms with van der Waals surface area (Å²) in [5.41, 5.74) is -0.404. The second-order valence-electron chi connectivity index (χ2n) is 13.2. The Kier molecular flexibility index (Phi) is 4.68. The van der Waals surface area contributed by atoms with Gasteiger partial charge in [-0.1, -0.05) is 27.7 Å². The van der Waals surface area contributed by atoms with Crippen LogP contribution in [0.25, 0.3) is 0 Å². The molecule has 2 N–H and O–H groups in total. The summed E-state index contributed by atoms with van der Waals surface area (Å²) in [6, 6.07) is 0. The molecule has 2 heterocycles. The smallest absolute Gasteiger partial charge is 0.174 e. The largest absolute Gasteiger partial charge is 0.393 e. The normalized spacial score (nSPS) is 61.8. The maximum Gasteiger partial charge on any atom is 0.174 e. The lowest BCUT2D eigenvalue weighted by Crippen LogP contribution is -2.58. The first kappa shape index (κ1) is 22.0. The average molecular weight is 447 g/mol. The molecule has 4 saturated carbocycles. The van der Waals surface area contributed by atoms with E-state index in [1.54, 1.807) is 0 Å². The van der Waals surface area contributed by atoms with Crippen molar-refractivity contribution < 1.29 is 24.5 Å². The third-order valence-electron chi connectivity index (χ3n) is 11.8. The fourth-order valence-corrected chi connectivity index (χ4v) is 10.0. The summed E-state index contributed by atoms with van der Waals surface area (Å²) in [6.07, 6.45) is 7.88. The van der Waals surface area contributed by atoms with Crippen molar-refractivity contribution in [2.24, 2.45) is 52.3 Å². The molecule has 6 aliphatic rings. The molecule has 0 aromatic rings. The molecule has 6 rings (SSSR count). The molecule has 2 aliphatic heterocycles. The first-order chi connectivity index (χ1) is 15.0. The Morgan fingerprint density at radius 2 is 1.81 bits per heavy atom. The van der Waals surface area contributed by atoms with E-state index in [2.05, 4.69) is 27.7 Å². The molecule has 4 aliphatic carbocycles. The maximum atomic E-state index is 14.0. The molecule has 5 heteroatoms. The van der Waals surface area contributed by atoms with Crippen molar-refractivity contribution in [3.05, 3.63) is 0 Å². The van der Waals surface area contributed by atoms with Crippen molar-refractivity contribution in [3.8, 4) is 0 Å². The molecule has 2 saturated heterocycles. The van der Waals surface area contributed by atoms with E-state index in [0.29, 0.717) is 48.9 Å². The van der Waals surface area contributed by atoms with Crippen LogP contribution in [0.1, 0.15) is 85.5 Å². The number of rotatable bonds is 0. The number of hydrogen-bond donors (Lipinski definition) is 2. The molecule has 12 atom stereocenters. The van der Waals surface area contributed by atoms with E-state index < -0.39 is 17.0 Å². The Labute approximate surface area is 192 Å². The monoisotopic (exact) mass is 446 g/mol. The topological polar surface area (TPSA) is 76.0 Å². The molecule has 0 amide bonds. The summed E-state index contributed by atoms with van der Waals surface area (Å²) in [4.78, 5) is 14.0. The Hall–Kier alpha value is -0.490. The Bertz CT molecular complexity index is 804. The van der Waals surface area contributed by atoms with Crippen LogP contribution in [0.2, 0.25) is 0 Å². The van der Waals surface area contributed by atoms with Gasteiger partial charge in [-0.25, -0.2) is 0 Å². The van der Waals surface area contributed by atoms with Gasteiger partial charge in [-0.3, -0.25) is 4.79 Å². The van der Waals surface area contributed by atoms with Crippen LogP contribution in [0.4, 0.5) is 0 Å². The maximum absolute atomic E-state index is 14.0. The number of Topliss-reactive ketones (excluding diaryl/α,β-unsaturated/α-hetero) is 1. The molecule has 0 aromatic heterocycles. The van der Waals surface area contributed by atoms with Crippen molar-refractivity contribution in [2.45, 2.75) is 103 Å². The van der Waals surface area contributed by atoms with Gasteiger partial charge in [0.1, 0.15) is 5.78 Å². The van der Waals surface area contributed by atoms with E-state index >= 15 is 0 Å². The lowest BCUT2D eigenvalue weighted by molar-refractivity contribution is -0.331. The Balaban J connectivity index is 1.34. The summed E-state index contributed by atoms with van der Waals surface area (Å²) < 4.78 is 12.8. The molecule has 6 fully saturated rings. The fourth-order valence-electron chi connectivity index (χ4n) is 10.0. The third kappa shape index (κ3) is 2.63. The highest BCUT2D eigenvalue weighted by Gasteiger charge is 2.76. The number of carbonyl (C=O) groups is 1. The number of fused-ring (bicyclic) bond motifs is 7. The zero-order chi connectivity index (χ0) is 22.7. The van der Waals surface area contributed by atoms with Crippen LogP contribution in [-0.4, -0.2) is 40.3 Å². The molecule has 7 unspecified atom stereocenters. The third-order valence-corrected chi connectivity index (χ3v) is 11.8. The van der Waals surface area contributed by atoms with E-state index in [-0.39, 0.29) is 29.3 Å². The fraction of sp³-hybridized carbons (Fsp3) is 0.963. The van der Waals surface area contributed by atoms with Gasteiger partial charge in [-0.15, -0.1) is 0 Å². The lowest BCUT2D eigenvalue weighted by atomic mass is 9.44. The standard InChI is InChI=1S/C27H42O5/c1-15-7-10-27(31-14-15)16(2)23-25(4)21(13-26(23,30)32-27)19-6-5-17-11-18(28)8-9-24(17,3)20(19)12-22(25)29/h15-21,23,28,30H,5-14H2,1-4H3/t15?,16?,17-,18+,19?,20?,21?,23?,24+,25-,26+,27?/m1/s1. The first-order valence-electron chi connectivity index (χ1n) is 13.3. The molecule has 1 spiro atoms. The molecular formula is C27H42O5. The predicted molar refractivity (Wildman–Crippen MR) is 119 cm³/mol. The second kappa shape index (κ2) is 6.80.